The van der Waals surface area contributed by atoms with E-state index in [0.717, 1.165) is 25.1 Å². The summed E-state index contributed by atoms with van der Waals surface area (Å²) in [5.41, 5.74) is 1.13. The summed E-state index contributed by atoms with van der Waals surface area (Å²) < 4.78 is 0. The molecule has 0 aromatic heterocycles. The Morgan fingerprint density at radius 2 is 1.75 bits per heavy atom. The molecule has 4 nitrogen and oxygen atoms in total. The molecule has 1 aliphatic rings. The summed E-state index contributed by atoms with van der Waals surface area (Å²) in [7, 11) is 0. The number of likely N-dealkylation sites (tertiary alicyclic amines) is 1. The maximum absolute atomic E-state index is 12.3. The lowest BCUT2D eigenvalue weighted by Gasteiger charge is -2.35. The normalized spacial score (nSPS) is 20.7. The lowest BCUT2D eigenvalue weighted by atomic mass is 9.91. The first-order chi connectivity index (χ1) is 11.4. The van der Waals surface area contributed by atoms with Crippen molar-refractivity contribution in [2.24, 2.45) is 11.8 Å². The topological polar surface area (TPSA) is 49.4 Å². The number of piperidine rings is 1. The first kappa shape index (κ1) is 18.8. The van der Waals surface area contributed by atoms with Crippen LogP contribution in [0, 0.1) is 11.8 Å². The Balaban J connectivity index is 1.65. The Morgan fingerprint density at radius 1 is 1.12 bits per heavy atom. The van der Waals surface area contributed by atoms with Gasteiger partial charge in [0.1, 0.15) is 0 Å². The number of halogens is 1. The predicted octanol–water partition coefficient (Wildman–Crippen LogP) is 3.28. The summed E-state index contributed by atoms with van der Waals surface area (Å²) >= 11 is 5.84. The van der Waals surface area contributed by atoms with E-state index in [0.29, 0.717) is 29.8 Å². The van der Waals surface area contributed by atoms with Crippen LogP contribution in [0.5, 0.6) is 0 Å². The molecule has 5 heteroatoms. The van der Waals surface area contributed by atoms with Gasteiger partial charge in [-0.1, -0.05) is 37.6 Å². The Labute approximate surface area is 149 Å². The van der Waals surface area contributed by atoms with Crippen LogP contribution in [-0.4, -0.2) is 36.3 Å². The zero-order chi connectivity index (χ0) is 17.5. The Hall–Kier alpha value is -1.55. The third-order valence-electron chi connectivity index (χ3n) is 4.44. The van der Waals surface area contributed by atoms with E-state index in [9.17, 15) is 9.59 Å². The van der Waals surface area contributed by atoms with Crippen LogP contribution in [-0.2, 0) is 16.0 Å². The maximum atomic E-state index is 12.3. The number of amides is 2. The fourth-order valence-corrected chi connectivity index (χ4v) is 3.46. The first-order valence-corrected chi connectivity index (χ1v) is 9.10. The van der Waals surface area contributed by atoms with Gasteiger partial charge < -0.3 is 10.2 Å². The first-order valence-electron chi connectivity index (χ1n) is 8.73. The van der Waals surface area contributed by atoms with Crippen molar-refractivity contribution in [3.05, 3.63) is 34.9 Å². The number of carbonyl (C=O) groups is 2. The molecule has 132 valence electrons. The van der Waals surface area contributed by atoms with Crippen LogP contribution in [0.15, 0.2) is 24.3 Å². The van der Waals surface area contributed by atoms with Crippen LogP contribution >= 0.6 is 11.6 Å². The van der Waals surface area contributed by atoms with E-state index in [1.807, 2.05) is 29.2 Å². The fourth-order valence-electron chi connectivity index (χ4n) is 3.33. The molecule has 1 N–H and O–H groups in total. The van der Waals surface area contributed by atoms with Crippen molar-refractivity contribution in [1.29, 1.82) is 0 Å². The molecule has 2 atom stereocenters. The molecular formula is C19H27ClN2O2. The van der Waals surface area contributed by atoms with E-state index < -0.39 is 0 Å². The molecule has 0 saturated carbocycles. The van der Waals surface area contributed by atoms with Crippen molar-refractivity contribution in [3.63, 3.8) is 0 Å². The highest BCUT2D eigenvalue weighted by Gasteiger charge is 2.25. The molecule has 0 radical (unpaired) electrons. The summed E-state index contributed by atoms with van der Waals surface area (Å²) in [6, 6.07) is 7.60. The highest BCUT2D eigenvalue weighted by atomic mass is 35.5. The van der Waals surface area contributed by atoms with Gasteiger partial charge in [0.2, 0.25) is 11.8 Å². The molecule has 0 unspecified atom stereocenters. The molecule has 1 aromatic rings. The van der Waals surface area contributed by atoms with Gasteiger partial charge in [-0.25, -0.2) is 0 Å². The summed E-state index contributed by atoms with van der Waals surface area (Å²) in [4.78, 5) is 26.1. The maximum Gasteiger partial charge on any atom is 0.223 e. The van der Waals surface area contributed by atoms with Crippen LogP contribution in [0.25, 0.3) is 0 Å². The Kier molecular flexibility index (Phi) is 7.10. The molecule has 0 spiro atoms. The average molecular weight is 351 g/mol. The van der Waals surface area contributed by atoms with Gasteiger partial charge in [0.25, 0.3) is 0 Å². The number of hydrogen-bond acceptors (Lipinski definition) is 2. The van der Waals surface area contributed by atoms with Crippen LogP contribution in [0.3, 0.4) is 0 Å². The summed E-state index contributed by atoms with van der Waals surface area (Å²) in [5, 5.41) is 3.59. The zero-order valence-corrected chi connectivity index (χ0v) is 15.3. The van der Waals surface area contributed by atoms with Gasteiger partial charge in [-0.05, 0) is 42.4 Å². The standard InChI is InChI=1S/C19H27ClN2O2/c1-14-11-15(2)13-22(12-14)19(24)8-7-18(23)21-10-9-16-3-5-17(20)6-4-16/h3-6,14-15H,7-13H2,1-2H3,(H,21,23)/t14-,15-/m0/s1. The van der Waals surface area contributed by atoms with Crippen molar-refractivity contribution in [2.45, 2.75) is 39.5 Å². The van der Waals surface area contributed by atoms with E-state index in [4.69, 9.17) is 11.6 Å². The molecular weight excluding hydrogens is 324 g/mol. The van der Waals surface area contributed by atoms with Gasteiger partial charge in [-0.15, -0.1) is 0 Å². The van der Waals surface area contributed by atoms with Gasteiger partial charge in [0.05, 0.1) is 0 Å². The Morgan fingerprint density at radius 3 is 2.38 bits per heavy atom. The van der Waals surface area contributed by atoms with Gasteiger partial charge in [-0.2, -0.15) is 0 Å². The molecule has 1 aliphatic heterocycles. The Bertz CT molecular complexity index is 549. The van der Waals surface area contributed by atoms with Gasteiger partial charge in [-0.3, -0.25) is 9.59 Å². The minimum absolute atomic E-state index is 0.0598. The molecule has 2 rings (SSSR count). The molecule has 24 heavy (non-hydrogen) atoms. The number of nitrogens with zero attached hydrogens (tertiary/aromatic N) is 1. The van der Waals surface area contributed by atoms with E-state index in [1.54, 1.807) is 0 Å². The lowest BCUT2D eigenvalue weighted by Crippen LogP contribution is -2.42. The van der Waals surface area contributed by atoms with E-state index in [2.05, 4.69) is 19.2 Å². The summed E-state index contributed by atoms with van der Waals surface area (Å²) in [5.74, 6) is 1.13. The second-order valence-electron chi connectivity index (χ2n) is 6.97. The van der Waals surface area contributed by atoms with Crippen LogP contribution < -0.4 is 5.32 Å². The van der Waals surface area contributed by atoms with Crippen molar-refractivity contribution in [3.8, 4) is 0 Å². The van der Waals surface area contributed by atoms with Crippen molar-refractivity contribution < 1.29 is 9.59 Å². The molecule has 2 amide bonds. The predicted molar refractivity (Wildman–Crippen MR) is 96.9 cm³/mol. The third-order valence-corrected chi connectivity index (χ3v) is 4.69. The molecule has 1 fully saturated rings. The third kappa shape index (κ3) is 6.16. The minimum atomic E-state index is -0.0598. The number of rotatable bonds is 6. The molecule has 0 aliphatic carbocycles. The zero-order valence-electron chi connectivity index (χ0n) is 14.6. The van der Waals surface area contributed by atoms with Crippen molar-refractivity contribution in [2.75, 3.05) is 19.6 Å². The largest absolute Gasteiger partial charge is 0.356 e. The van der Waals surface area contributed by atoms with Crippen LogP contribution in [0.2, 0.25) is 5.02 Å². The lowest BCUT2D eigenvalue weighted by molar-refractivity contribution is -0.135. The average Bonchev–Trinajstić information content (AvgIpc) is 2.53. The van der Waals surface area contributed by atoms with E-state index in [1.165, 1.54) is 6.42 Å². The van der Waals surface area contributed by atoms with Gasteiger partial charge in [0, 0.05) is 37.5 Å². The second kappa shape index (κ2) is 9.07. The summed E-state index contributed by atoms with van der Waals surface area (Å²) in [6.07, 6.45) is 2.50. The molecule has 1 saturated heterocycles. The smallest absolute Gasteiger partial charge is 0.223 e. The quantitative estimate of drug-likeness (QED) is 0.855. The van der Waals surface area contributed by atoms with Crippen LogP contribution in [0.4, 0.5) is 0 Å². The van der Waals surface area contributed by atoms with Crippen LogP contribution in [0.1, 0.15) is 38.7 Å². The summed E-state index contributed by atoms with van der Waals surface area (Å²) in [6.45, 7) is 6.58. The van der Waals surface area contributed by atoms with E-state index >= 15 is 0 Å². The number of carbonyl (C=O) groups excluding carboxylic acids is 2. The highest BCUT2D eigenvalue weighted by Crippen LogP contribution is 2.21. The number of benzene rings is 1. The minimum Gasteiger partial charge on any atom is -0.356 e. The monoisotopic (exact) mass is 350 g/mol. The molecule has 1 heterocycles. The van der Waals surface area contributed by atoms with Crippen molar-refractivity contribution >= 4 is 23.4 Å². The van der Waals surface area contributed by atoms with E-state index in [-0.39, 0.29) is 18.2 Å². The fraction of sp³-hybridized carbons (Fsp3) is 0.579. The second-order valence-corrected chi connectivity index (χ2v) is 7.41. The van der Waals surface area contributed by atoms with Crippen molar-refractivity contribution in [1.82, 2.24) is 10.2 Å². The molecule has 1 aromatic carbocycles. The van der Waals surface area contributed by atoms with Gasteiger partial charge >= 0.3 is 0 Å². The number of hydrogen-bond donors (Lipinski definition) is 1. The highest BCUT2D eigenvalue weighted by molar-refractivity contribution is 6.30. The molecule has 0 bridgehead atoms. The SMILES string of the molecule is C[C@H]1C[C@H](C)CN(C(=O)CCC(=O)NCCc2ccc(Cl)cc2)C1. The number of nitrogens with one attached hydrogen (secondary N) is 1. The van der Waals surface area contributed by atoms with Gasteiger partial charge in [0.15, 0.2) is 0 Å².